The van der Waals surface area contributed by atoms with Crippen LogP contribution in [-0.2, 0) is 4.74 Å². The number of carbonyl (C=O) groups is 1. The van der Waals surface area contributed by atoms with Gasteiger partial charge in [0.1, 0.15) is 5.82 Å². The van der Waals surface area contributed by atoms with Crippen LogP contribution >= 0.6 is 0 Å². The van der Waals surface area contributed by atoms with Gasteiger partial charge in [-0.15, -0.1) is 0 Å². The van der Waals surface area contributed by atoms with Crippen LogP contribution in [0.5, 0.6) is 0 Å². The summed E-state index contributed by atoms with van der Waals surface area (Å²) in [5.41, 5.74) is 0. The number of ether oxygens (including phenoxy) is 1. The van der Waals surface area contributed by atoms with Crippen LogP contribution in [0.15, 0.2) is 36.5 Å². The predicted molar refractivity (Wildman–Crippen MR) is 78.6 cm³/mol. The predicted octanol–water partition coefficient (Wildman–Crippen LogP) is 3.83. The number of rotatable bonds is 4. The first-order chi connectivity index (χ1) is 9.72. The lowest BCUT2D eigenvalue weighted by molar-refractivity contribution is 0.139. The summed E-state index contributed by atoms with van der Waals surface area (Å²) in [6.07, 6.45) is 3.84. The Labute approximate surface area is 118 Å². The van der Waals surface area contributed by atoms with Gasteiger partial charge in [-0.1, -0.05) is 31.2 Å². The van der Waals surface area contributed by atoms with E-state index in [1.54, 1.807) is 6.20 Å². The molecule has 0 saturated heterocycles. The molecule has 20 heavy (non-hydrogen) atoms. The van der Waals surface area contributed by atoms with E-state index in [4.69, 9.17) is 4.74 Å². The molecule has 104 valence electrons. The van der Waals surface area contributed by atoms with E-state index in [1.165, 1.54) is 12.8 Å². The summed E-state index contributed by atoms with van der Waals surface area (Å²) in [6, 6.07) is 9.75. The summed E-state index contributed by atoms with van der Waals surface area (Å²) >= 11 is 0. The highest BCUT2D eigenvalue weighted by Crippen LogP contribution is 2.36. The Morgan fingerprint density at radius 1 is 1.40 bits per heavy atom. The molecule has 1 saturated carbocycles. The summed E-state index contributed by atoms with van der Waals surface area (Å²) in [5, 5.41) is 4.77. The van der Waals surface area contributed by atoms with Gasteiger partial charge < -0.3 is 4.74 Å². The Bertz CT molecular complexity index is 623. The normalized spacial score (nSPS) is 15.8. The lowest BCUT2D eigenvalue weighted by Gasteiger charge is -2.11. The van der Waals surface area contributed by atoms with E-state index in [2.05, 4.69) is 17.2 Å². The third-order valence-corrected chi connectivity index (χ3v) is 3.77. The molecule has 1 amide bonds. The highest BCUT2D eigenvalue weighted by Gasteiger charge is 2.28. The number of nitrogens with zero attached hydrogens (tertiary/aromatic N) is 1. The molecule has 0 spiro atoms. The van der Waals surface area contributed by atoms with Crippen molar-refractivity contribution in [3.63, 3.8) is 0 Å². The number of hydrogen-bond donors (Lipinski definition) is 1. The van der Waals surface area contributed by atoms with Gasteiger partial charge in [0.15, 0.2) is 0 Å². The van der Waals surface area contributed by atoms with Gasteiger partial charge in [0, 0.05) is 11.6 Å². The van der Waals surface area contributed by atoms with Crippen molar-refractivity contribution in [2.24, 2.45) is 11.8 Å². The Morgan fingerprint density at radius 3 is 2.90 bits per heavy atom. The topological polar surface area (TPSA) is 51.2 Å². The molecule has 1 aliphatic rings. The molecule has 1 heterocycles. The zero-order valence-corrected chi connectivity index (χ0v) is 11.5. The van der Waals surface area contributed by atoms with Gasteiger partial charge in [0.25, 0.3) is 0 Å². The largest absolute Gasteiger partial charge is 0.449 e. The van der Waals surface area contributed by atoms with Gasteiger partial charge in [-0.2, -0.15) is 0 Å². The third kappa shape index (κ3) is 3.07. The Morgan fingerprint density at radius 2 is 2.15 bits per heavy atom. The summed E-state index contributed by atoms with van der Waals surface area (Å²) in [6.45, 7) is 2.60. The standard InChI is InChI=1S/C16H18N2O2/c1-11(12-6-7-12)10-20-16(19)18-15-8-13-4-2-3-5-14(13)9-17-15/h2-5,8-9,11-12H,6-7,10H2,1H3,(H,17,18,19)/t11-/m1/s1. The molecule has 1 aromatic heterocycles. The zero-order chi connectivity index (χ0) is 13.9. The minimum absolute atomic E-state index is 0.430. The molecule has 3 rings (SSSR count). The first kappa shape index (κ1) is 12.9. The van der Waals surface area contributed by atoms with Crippen LogP contribution in [0.4, 0.5) is 10.6 Å². The van der Waals surface area contributed by atoms with Crippen LogP contribution in [0.2, 0.25) is 0 Å². The molecule has 4 nitrogen and oxygen atoms in total. The molecule has 2 aromatic rings. The van der Waals surface area contributed by atoms with Crippen molar-refractivity contribution in [2.45, 2.75) is 19.8 Å². The van der Waals surface area contributed by atoms with Gasteiger partial charge in [0.2, 0.25) is 0 Å². The van der Waals surface area contributed by atoms with Gasteiger partial charge in [-0.3, -0.25) is 5.32 Å². The number of amides is 1. The SMILES string of the molecule is C[C@H](COC(=O)Nc1cc2ccccc2cn1)C1CC1. The van der Waals surface area contributed by atoms with E-state index < -0.39 is 6.09 Å². The molecule has 1 fully saturated rings. The van der Waals surface area contributed by atoms with Crippen molar-refractivity contribution >= 4 is 22.7 Å². The van der Waals surface area contributed by atoms with Crippen LogP contribution in [0.25, 0.3) is 10.8 Å². The monoisotopic (exact) mass is 270 g/mol. The van der Waals surface area contributed by atoms with E-state index in [0.29, 0.717) is 18.3 Å². The molecule has 0 bridgehead atoms. The maximum absolute atomic E-state index is 11.7. The number of aromatic nitrogens is 1. The maximum Gasteiger partial charge on any atom is 0.412 e. The van der Waals surface area contributed by atoms with Gasteiger partial charge in [-0.25, -0.2) is 9.78 Å². The molecule has 1 N–H and O–H groups in total. The smallest absolute Gasteiger partial charge is 0.412 e. The van der Waals surface area contributed by atoms with Crippen LogP contribution < -0.4 is 5.32 Å². The maximum atomic E-state index is 11.7. The fraction of sp³-hybridized carbons (Fsp3) is 0.375. The second kappa shape index (κ2) is 5.49. The molecule has 1 atom stereocenters. The summed E-state index contributed by atoms with van der Waals surface area (Å²) in [5.74, 6) is 1.71. The van der Waals surface area contributed by atoms with Crippen LogP contribution in [0.3, 0.4) is 0 Å². The van der Waals surface area contributed by atoms with Crippen molar-refractivity contribution in [1.29, 1.82) is 0 Å². The molecule has 1 aromatic carbocycles. The van der Waals surface area contributed by atoms with Crippen LogP contribution in [-0.4, -0.2) is 17.7 Å². The van der Waals surface area contributed by atoms with Crippen molar-refractivity contribution < 1.29 is 9.53 Å². The van der Waals surface area contributed by atoms with Crippen molar-refractivity contribution in [3.05, 3.63) is 36.5 Å². The summed E-state index contributed by atoms with van der Waals surface area (Å²) in [4.78, 5) is 15.9. The average Bonchev–Trinajstić information content (AvgIpc) is 3.29. The molecule has 1 aliphatic carbocycles. The van der Waals surface area contributed by atoms with Crippen molar-refractivity contribution in [2.75, 3.05) is 11.9 Å². The number of fused-ring (bicyclic) bond motifs is 1. The second-order valence-corrected chi connectivity index (χ2v) is 5.45. The van der Waals surface area contributed by atoms with Crippen molar-refractivity contribution in [1.82, 2.24) is 4.98 Å². The number of anilines is 1. The minimum atomic E-state index is -0.430. The first-order valence-electron chi connectivity index (χ1n) is 7.01. The Kier molecular flexibility index (Phi) is 3.54. The van der Waals surface area contributed by atoms with E-state index in [1.807, 2.05) is 30.3 Å². The number of benzene rings is 1. The van der Waals surface area contributed by atoms with Crippen molar-refractivity contribution in [3.8, 4) is 0 Å². The highest BCUT2D eigenvalue weighted by molar-refractivity contribution is 5.89. The highest BCUT2D eigenvalue weighted by atomic mass is 16.5. The zero-order valence-electron chi connectivity index (χ0n) is 11.5. The number of hydrogen-bond acceptors (Lipinski definition) is 3. The molecular formula is C16H18N2O2. The summed E-state index contributed by atoms with van der Waals surface area (Å²) < 4.78 is 5.23. The number of nitrogens with one attached hydrogen (secondary N) is 1. The number of pyridine rings is 1. The van der Waals surface area contributed by atoms with Gasteiger partial charge >= 0.3 is 6.09 Å². The molecule has 0 aliphatic heterocycles. The fourth-order valence-corrected chi connectivity index (χ4v) is 2.30. The fourth-order valence-electron chi connectivity index (χ4n) is 2.30. The molecular weight excluding hydrogens is 252 g/mol. The number of carbonyl (C=O) groups excluding carboxylic acids is 1. The van der Waals surface area contributed by atoms with E-state index in [0.717, 1.165) is 16.7 Å². The van der Waals surface area contributed by atoms with Crippen LogP contribution in [0.1, 0.15) is 19.8 Å². The van der Waals surface area contributed by atoms with E-state index >= 15 is 0 Å². The van der Waals surface area contributed by atoms with E-state index in [9.17, 15) is 4.79 Å². The lowest BCUT2D eigenvalue weighted by Crippen LogP contribution is -2.18. The summed E-state index contributed by atoms with van der Waals surface area (Å²) in [7, 11) is 0. The average molecular weight is 270 g/mol. The second-order valence-electron chi connectivity index (χ2n) is 5.45. The quantitative estimate of drug-likeness (QED) is 0.918. The Hall–Kier alpha value is -2.10. The van der Waals surface area contributed by atoms with Gasteiger partial charge in [0.05, 0.1) is 6.61 Å². The first-order valence-corrected chi connectivity index (χ1v) is 7.01. The third-order valence-electron chi connectivity index (χ3n) is 3.77. The lowest BCUT2D eigenvalue weighted by atomic mass is 10.1. The van der Waals surface area contributed by atoms with Gasteiger partial charge in [-0.05, 0) is 36.1 Å². The minimum Gasteiger partial charge on any atom is -0.449 e. The Balaban J connectivity index is 1.58. The van der Waals surface area contributed by atoms with E-state index in [-0.39, 0.29) is 0 Å². The molecule has 4 heteroatoms. The van der Waals surface area contributed by atoms with Crippen LogP contribution in [0, 0.1) is 11.8 Å². The molecule has 0 radical (unpaired) electrons. The molecule has 0 unspecified atom stereocenters.